The normalized spacial score (nSPS) is 10.8. The first-order valence-electron chi connectivity index (χ1n) is 7.42. The molecule has 0 saturated carbocycles. The monoisotopic (exact) mass is 374 g/mol. The summed E-state index contributed by atoms with van der Waals surface area (Å²) in [4.78, 5) is 13.0. The zero-order valence-corrected chi connectivity index (χ0v) is 14.1. The van der Waals surface area contributed by atoms with Gasteiger partial charge in [-0.25, -0.2) is 0 Å². The summed E-state index contributed by atoms with van der Waals surface area (Å²) in [6.07, 6.45) is 0. The van der Waals surface area contributed by atoms with E-state index in [1.807, 2.05) is 52.9 Å². The number of benzene rings is 2. The summed E-state index contributed by atoms with van der Waals surface area (Å²) in [5.74, 6) is -0.102. The smallest absolute Gasteiger partial charge is 0.209 e. The third-order valence-electron chi connectivity index (χ3n) is 4.10. The van der Waals surface area contributed by atoms with Gasteiger partial charge in [-0.15, -0.1) is 0 Å². The number of carbonyl (C=O) groups excluding carboxylic acids is 1. The first-order chi connectivity index (χ1) is 11.7. The largest absolute Gasteiger partial charge is 0.305 e. The zero-order chi connectivity index (χ0) is 16.7. The van der Waals surface area contributed by atoms with Gasteiger partial charge < -0.3 is 4.40 Å². The molecule has 0 spiro atoms. The Kier molecular flexibility index (Phi) is 3.44. The molecule has 2 heterocycles. The number of para-hydroxylation sites is 1. The van der Waals surface area contributed by atoms with Crippen molar-refractivity contribution in [1.82, 2.24) is 4.40 Å². The summed E-state index contributed by atoms with van der Waals surface area (Å²) in [5, 5.41) is 10.5. The molecule has 0 atom stereocenters. The molecule has 0 aliphatic heterocycles. The quantitative estimate of drug-likeness (QED) is 0.465. The second-order valence-corrected chi connectivity index (χ2v) is 6.42. The molecule has 4 aromatic rings. The van der Waals surface area contributed by atoms with Crippen molar-refractivity contribution in [3.05, 3.63) is 88.0 Å². The van der Waals surface area contributed by atoms with Crippen molar-refractivity contribution in [2.75, 3.05) is 0 Å². The highest BCUT2D eigenvalue weighted by atomic mass is 79.9. The predicted octanol–water partition coefficient (Wildman–Crippen LogP) is 4.96. The minimum atomic E-state index is -0.102. The van der Waals surface area contributed by atoms with Gasteiger partial charge in [0.25, 0.3) is 0 Å². The molecule has 0 fully saturated rings. The zero-order valence-electron chi connectivity index (χ0n) is 12.5. The fourth-order valence-electron chi connectivity index (χ4n) is 2.96. The molecule has 4 heteroatoms. The minimum absolute atomic E-state index is 0.102. The highest BCUT2D eigenvalue weighted by Crippen LogP contribution is 2.25. The predicted molar refractivity (Wildman–Crippen MR) is 97.2 cm³/mol. The van der Waals surface area contributed by atoms with Crippen LogP contribution in [-0.2, 0) is 0 Å². The SMILES string of the molecule is N#Cc1cc(C(=O)c2ccc(Br)cc2)n2c1ccc1ccccc12. The topological polar surface area (TPSA) is 45.3 Å². The molecular formula is C20H11BrN2O. The molecule has 0 unspecified atom stereocenters. The lowest BCUT2D eigenvalue weighted by Crippen LogP contribution is -2.05. The molecule has 0 N–H and O–H groups in total. The van der Waals surface area contributed by atoms with Gasteiger partial charge in [-0.2, -0.15) is 5.26 Å². The van der Waals surface area contributed by atoms with E-state index in [0.29, 0.717) is 16.8 Å². The molecule has 114 valence electrons. The van der Waals surface area contributed by atoms with Crippen molar-refractivity contribution in [2.24, 2.45) is 0 Å². The van der Waals surface area contributed by atoms with E-state index in [9.17, 15) is 10.1 Å². The van der Waals surface area contributed by atoms with E-state index in [0.717, 1.165) is 20.9 Å². The van der Waals surface area contributed by atoms with E-state index >= 15 is 0 Å². The molecule has 0 bridgehead atoms. The van der Waals surface area contributed by atoms with Gasteiger partial charge in [0, 0.05) is 10.0 Å². The molecule has 4 rings (SSSR count). The molecule has 0 aliphatic carbocycles. The van der Waals surface area contributed by atoms with Crippen LogP contribution in [0.4, 0.5) is 0 Å². The van der Waals surface area contributed by atoms with Crippen LogP contribution in [0.5, 0.6) is 0 Å². The van der Waals surface area contributed by atoms with Crippen LogP contribution < -0.4 is 0 Å². The third-order valence-corrected chi connectivity index (χ3v) is 4.63. The number of rotatable bonds is 2. The second kappa shape index (κ2) is 5.63. The van der Waals surface area contributed by atoms with E-state index in [-0.39, 0.29) is 5.78 Å². The first-order valence-corrected chi connectivity index (χ1v) is 8.22. The Bertz CT molecular complexity index is 1130. The number of ketones is 1. The molecule has 2 aromatic heterocycles. The van der Waals surface area contributed by atoms with E-state index in [4.69, 9.17) is 0 Å². The standard InChI is InChI=1S/C20H11BrN2O/c21-16-8-5-14(6-9-16)20(24)19-11-15(12-22)18-10-7-13-3-1-2-4-17(13)23(18)19/h1-11H. The summed E-state index contributed by atoms with van der Waals surface area (Å²) in [6.45, 7) is 0. The number of fused-ring (bicyclic) bond motifs is 3. The van der Waals surface area contributed by atoms with Gasteiger partial charge in [-0.3, -0.25) is 4.79 Å². The first kappa shape index (κ1) is 14.7. The van der Waals surface area contributed by atoms with Gasteiger partial charge in [0.2, 0.25) is 5.78 Å². The molecular weight excluding hydrogens is 364 g/mol. The summed E-state index contributed by atoms with van der Waals surface area (Å²) >= 11 is 3.38. The Morgan fingerprint density at radius 3 is 2.46 bits per heavy atom. The van der Waals surface area contributed by atoms with Crippen LogP contribution in [0.3, 0.4) is 0 Å². The lowest BCUT2D eigenvalue weighted by atomic mass is 10.1. The van der Waals surface area contributed by atoms with Gasteiger partial charge >= 0.3 is 0 Å². The number of nitriles is 1. The minimum Gasteiger partial charge on any atom is -0.305 e. The molecule has 0 amide bonds. The summed E-state index contributed by atoms with van der Waals surface area (Å²) in [7, 11) is 0. The fourth-order valence-corrected chi connectivity index (χ4v) is 3.22. The molecule has 2 aromatic carbocycles. The number of aromatic nitrogens is 1. The number of pyridine rings is 1. The van der Waals surface area contributed by atoms with Crippen LogP contribution in [0.2, 0.25) is 0 Å². The average molecular weight is 375 g/mol. The maximum absolute atomic E-state index is 13.0. The van der Waals surface area contributed by atoms with Crippen molar-refractivity contribution in [1.29, 1.82) is 5.26 Å². The van der Waals surface area contributed by atoms with Crippen molar-refractivity contribution < 1.29 is 4.79 Å². The molecule has 3 nitrogen and oxygen atoms in total. The van der Waals surface area contributed by atoms with E-state index in [2.05, 4.69) is 22.0 Å². The van der Waals surface area contributed by atoms with Gasteiger partial charge in [0.05, 0.1) is 22.3 Å². The summed E-state index contributed by atoms with van der Waals surface area (Å²) < 4.78 is 2.79. The Morgan fingerprint density at radius 1 is 0.958 bits per heavy atom. The van der Waals surface area contributed by atoms with Gasteiger partial charge in [-0.1, -0.05) is 40.2 Å². The average Bonchev–Trinajstić information content (AvgIpc) is 3.01. The number of carbonyl (C=O) groups is 1. The molecule has 0 saturated heterocycles. The van der Waals surface area contributed by atoms with Gasteiger partial charge in [0.15, 0.2) is 0 Å². The number of hydrogen-bond acceptors (Lipinski definition) is 2. The van der Waals surface area contributed by atoms with E-state index < -0.39 is 0 Å². The van der Waals surface area contributed by atoms with Crippen LogP contribution in [0, 0.1) is 11.3 Å². The van der Waals surface area contributed by atoms with Crippen LogP contribution >= 0.6 is 15.9 Å². The molecule has 24 heavy (non-hydrogen) atoms. The van der Waals surface area contributed by atoms with Crippen LogP contribution in [0.15, 0.2) is 71.2 Å². The third kappa shape index (κ3) is 2.22. The highest BCUT2D eigenvalue weighted by Gasteiger charge is 2.18. The van der Waals surface area contributed by atoms with Crippen molar-refractivity contribution in [2.45, 2.75) is 0 Å². The number of halogens is 1. The number of hydrogen-bond donors (Lipinski definition) is 0. The maximum atomic E-state index is 13.0. The van der Waals surface area contributed by atoms with Crippen molar-refractivity contribution >= 4 is 38.1 Å². The van der Waals surface area contributed by atoms with E-state index in [1.54, 1.807) is 18.2 Å². The Morgan fingerprint density at radius 2 is 1.71 bits per heavy atom. The lowest BCUT2D eigenvalue weighted by molar-refractivity contribution is 0.103. The highest BCUT2D eigenvalue weighted by molar-refractivity contribution is 9.10. The van der Waals surface area contributed by atoms with E-state index in [1.165, 1.54) is 0 Å². The second-order valence-electron chi connectivity index (χ2n) is 5.50. The number of nitrogens with zero attached hydrogens (tertiary/aromatic N) is 2. The summed E-state index contributed by atoms with van der Waals surface area (Å²) in [5.41, 5.74) is 3.26. The lowest BCUT2D eigenvalue weighted by Gasteiger charge is -2.07. The van der Waals surface area contributed by atoms with Crippen molar-refractivity contribution in [3.63, 3.8) is 0 Å². The van der Waals surface area contributed by atoms with Crippen LogP contribution in [-0.4, -0.2) is 10.2 Å². The van der Waals surface area contributed by atoms with Crippen molar-refractivity contribution in [3.8, 4) is 6.07 Å². The van der Waals surface area contributed by atoms with Gasteiger partial charge in [-0.05, 0) is 47.9 Å². The molecule has 0 radical (unpaired) electrons. The Hall–Kier alpha value is -2.90. The van der Waals surface area contributed by atoms with Gasteiger partial charge in [0.1, 0.15) is 6.07 Å². The fraction of sp³-hybridized carbons (Fsp3) is 0. The Balaban J connectivity index is 2.04. The molecule has 0 aliphatic rings. The van der Waals surface area contributed by atoms with Crippen LogP contribution in [0.1, 0.15) is 21.6 Å². The van der Waals surface area contributed by atoms with Crippen LogP contribution in [0.25, 0.3) is 16.4 Å². The maximum Gasteiger partial charge on any atom is 0.209 e. The Labute approximate surface area is 146 Å². The summed E-state index contributed by atoms with van der Waals surface area (Å²) in [6, 6.07) is 22.8.